The molecule has 0 aliphatic carbocycles. The summed E-state index contributed by atoms with van der Waals surface area (Å²) in [6.45, 7) is 0.823. The van der Waals surface area contributed by atoms with E-state index in [1.165, 1.54) is 11.2 Å². The second-order valence-electron chi connectivity index (χ2n) is 2.78. The first-order chi connectivity index (χ1) is 5.04. The number of hydrogen-bond donors (Lipinski definition) is 0. The molecule has 1 heterocycles. The van der Waals surface area contributed by atoms with Crippen molar-refractivity contribution >= 4 is 16.2 Å². The molecule has 1 aliphatic heterocycles. The van der Waals surface area contributed by atoms with Gasteiger partial charge in [-0.15, -0.1) is 0 Å². The van der Waals surface area contributed by atoms with Crippen molar-refractivity contribution in [2.24, 2.45) is 0 Å². The minimum Gasteiger partial charge on any atom is -0.333 e. The normalized spacial score (nSPS) is 25.5. The van der Waals surface area contributed by atoms with Crippen LogP contribution in [0.5, 0.6) is 0 Å². The molecular formula is C6H10NO3S. The van der Waals surface area contributed by atoms with Crippen LogP contribution in [0.15, 0.2) is 0 Å². The molecule has 0 saturated carbocycles. The number of likely N-dealkylation sites (tertiary alicyclic amines) is 1. The average molecular weight is 176 g/mol. The molecule has 1 fully saturated rings. The SMILES string of the molecule is CS(=O)(=O)[C@H]1CCN([C]=O)C1. The van der Waals surface area contributed by atoms with Gasteiger partial charge < -0.3 is 4.90 Å². The lowest BCUT2D eigenvalue weighted by molar-refractivity contribution is 0.440. The predicted molar refractivity (Wildman–Crippen MR) is 40.5 cm³/mol. The van der Waals surface area contributed by atoms with Crippen LogP contribution in [-0.2, 0) is 14.6 Å². The summed E-state index contributed by atoms with van der Waals surface area (Å²) in [6, 6.07) is 0. The topological polar surface area (TPSA) is 54.5 Å². The van der Waals surface area contributed by atoms with E-state index in [2.05, 4.69) is 0 Å². The molecule has 0 bridgehead atoms. The van der Waals surface area contributed by atoms with E-state index in [1.54, 1.807) is 6.41 Å². The fourth-order valence-corrected chi connectivity index (χ4v) is 2.14. The number of carbonyl (C=O) groups excluding carboxylic acids is 1. The fraction of sp³-hybridized carbons (Fsp3) is 0.833. The van der Waals surface area contributed by atoms with Gasteiger partial charge in [-0.05, 0) is 6.42 Å². The molecule has 0 unspecified atom stereocenters. The zero-order chi connectivity index (χ0) is 8.48. The Morgan fingerprint density at radius 2 is 2.18 bits per heavy atom. The highest BCUT2D eigenvalue weighted by molar-refractivity contribution is 7.91. The van der Waals surface area contributed by atoms with Crippen molar-refractivity contribution in [2.75, 3.05) is 19.3 Å². The molecule has 1 saturated heterocycles. The van der Waals surface area contributed by atoms with Gasteiger partial charge in [-0.1, -0.05) is 0 Å². The molecule has 0 N–H and O–H groups in total. The summed E-state index contributed by atoms with van der Waals surface area (Å²) in [5, 5.41) is -0.371. The summed E-state index contributed by atoms with van der Waals surface area (Å²) < 4.78 is 21.9. The van der Waals surface area contributed by atoms with Gasteiger partial charge in [0, 0.05) is 19.3 Å². The van der Waals surface area contributed by atoms with Crippen LogP contribution in [0.1, 0.15) is 6.42 Å². The minimum absolute atomic E-state index is 0.308. The highest BCUT2D eigenvalue weighted by Gasteiger charge is 2.29. The quantitative estimate of drug-likeness (QED) is 0.552. The third-order valence-corrected chi connectivity index (χ3v) is 3.48. The van der Waals surface area contributed by atoms with Crippen LogP contribution < -0.4 is 0 Å². The Bertz CT molecular complexity index is 247. The highest BCUT2D eigenvalue weighted by atomic mass is 32.2. The molecular weight excluding hydrogens is 166 g/mol. The molecule has 4 nitrogen and oxygen atoms in total. The molecule has 0 aromatic heterocycles. The molecule has 1 radical (unpaired) electrons. The maximum absolute atomic E-state index is 10.9. The summed E-state index contributed by atoms with van der Waals surface area (Å²) in [5.41, 5.74) is 0. The average Bonchev–Trinajstić information content (AvgIpc) is 2.32. The van der Waals surface area contributed by atoms with Crippen LogP contribution in [0.25, 0.3) is 0 Å². The number of amides is 1. The third kappa shape index (κ3) is 1.92. The van der Waals surface area contributed by atoms with Gasteiger partial charge in [0.15, 0.2) is 9.84 Å². The summed E-state index contributed by atoms with van der Waals surface area (Å²) in [4.78, 5) is 11.5. The molecule has 0 aromatic carbocycles. The number of rotatable bonds is 2. The van der Waals surface area contributed by atoms with Gasteiger partial charge in [-0.2, -0.15) is 0 Å². The lowest BCUT2D eigenvalue weighted by atomic mass is 10.4. The minimum atomic E-state index is -2.97. The predicted octanol–water partition coefficient (Wildman–Crippen LogP) is -0.827. The zero-order valence-electron chi connectivity index (χ0n) is 6.28. The van der Waals surface area contributed by atoms with Crippen LogP contribution >= 0.6 is 0 Å². The molecule has 1 atom stereocenters. The maximum atomic E-state index is 10.9. The van der Waals surface area contributed by atoms with E-state index in [1.807, 2.05) is 0 Å². The van der Waals surface area contributed by atoms with Crippen LogP contribution in [0.3, 0.4) is 0 Å². The Balaban J connectivity index is 2.62. The lowest BCUT2D eigenvalue weighted by Crippen LogP contribution is -2.25. The first kappa shape index (κ1) is 8.52. The van der Waals surface area contributed by atoms with Crippen molar-refractivity contribution in [3.8, 4) is 0 Å². The lowest BCUT2D eigenvalue weighted by Gasteiger charge is -2.06. The summed E-state index contributed by atoms with van der Waals surface area (Å²) in [6.07, 6.45) is 3.43. The largest absolute Gasteiger partial charge is 0.333 e. The molecule has 1 rings (SSSR count). The Morgan fingerprint density at radius 1 is 1.55 bits per heavy atom. The van der Waals surface area contributed by atoms with Gasteiger partial charge in [-0.25, -0.2) is 8.42 Å². The monoisotopic (exact) mass is 176 g/mol. The molecule has 63 valence electrons. The Kier molecular flexibility index (Phi) is 2.17. The second-order valence-corrected chi connectivity index (χ2v) is 5.10. The highest BCUT2D eigenvalue weighted by Crippen LogP contribution is 2.13. The van der Waals surface area contributed by atoms with Crippen molar-refractivity contribution in [1.29, 1.82) is 0 Å². The first-order valence-electron chi connectivity index (χ1n) is 3.35. The van der Waals surface area contributed by atoms with Gasteiger partial charge in [0.1, 0.15) is 0 Å². The van der Waals surface area contributed by atoms with E-state index in [-0.39, 0.29) is 5.25 Å². The van der Waals surface area contributed by atoms with Crippen LogP contribution in [0.2, 0.25) is 0 Å². The van der Waals surface area contributed by atoms with E-state index in [0.717, 1.165) is 0 Å². The first-order valence-corrected chi connectivity index (χ1v) is 5.31. The standard InChI is InChI=1S/C6H10NO3S/c1-11(9,10)6-2-3-7(4-6)5-8/h6H,2-4H2,1H3/t6-/m0/s1. The van der Waals surface area contributed by atoms with Crippen LogP contribution in [0, 0.1) is 0 Å². The van der Waals surface area contributed by atoms with Gasteiger partial charge in [0.2, 0.25) is 0 Å². The van der Waals surface area contributed by atoms with E-state index >= 15 is 0 Å². The van der Waals surface area contributed by atoms with E-state index in [0.29, 0.717) is 19.5 Å². The molecule has 1 amide bonds. The summed E-state index contributed by atoms with van der Waals surface area (Å²) in [5.74, 6) is 0. The van der Waals surface area contributed by atoms with Crippen molar-refractivity contribution in [1.82, 2.24) is 4.90 Å². The second kappa shape index (κ2) is 2.81. The van der Waals surface area contributed by atoms with Gasteiger partial charge >= 0.3 is 6.41 Å². The van der Waals surface area contributed by atoms with Gasteiger partial charge in [0.25, 0.3) is 0 Å². The number of nitrogens with zero attached hydrogens (tertiary/aromatic N) is 1. The van der Waals surface area contributed by atoms with Crippen LogP contribution in [-0.4, -0.2) is 44.3 Å². The smallest absolute Gasteiger partial charge is 0.312 e. The Morgan fingerprint density at radius 3 is 2.45 bits per heavy atom. The molecule has 0 spiro atoms. The molecule has 0 aromatic rings. The Hall–Kier alpha value is -0.580. The van der Waals surface area contributed by atoms with Crippen molar-refractivity contribution in [3.05, 3.63) is 0 Å². The Labute approximate surface area is 66.1 Å². The zero-order valence-corrected chi connectivity index (χ0v) is 7.10. The van der Waals surface area contributed by atoms with Crippen molar-refractivity contribution in [3.63, 3.8) is 0 Å². The van der Waals surface area contributed by atoms with Crippen LogP contribution in [0.4, 0.5) is 0 Å². The number of sulfone groups is 1. The summed E-state index contributed by atoms with van der Waals surface area (Å²) >= 11 is 0. The molecule has 1 aliphatic rings. The fourth-order valence-electron chi connectivity index (χ4n) is 1.16. The van der Waals surface area contributed by atoms with E-state index in [9.17, 15) is 13.2 Å². The third-order valence-electron chi connectivity index (χ3n) is 1.88. The molecule has 11 heavy (non-hydrogen) atoms. The summed E-state index contributed by atoms with van der Waals surface area (Å²) in [7, 11) is -2.97. The van der Waals surface area contributed by atoms with E-state index < -0.39 is 9.84 Å². The number of hydrogen-bond acceptors (Lipinski definition) is 3. The van der Waals surface area contributed by atoms with Crippen molar-refractivity contribution < 1.29 is 13.2 Å². The van der Waals surface area contributed by atoms with Gasteiger partial charge in [-0.3, -0.25) is 4.79 Å². The maximum Gasteiger partial charge on any atom is 0.312 e. The van der Waals surface area contributed by atoms with Crippen molar-refractivity contribution in [2.45, 2.75) is 11.7 Å². The van der Waals surface area contributed by atoms with Gasteiger partial charge in [0.05, 0.1) is 5.25 Å². The molecule has 5 heteroatoms. The van der Waals surface area contributed by atoms with E-state index in [4.69, 9.17) is 0 Å².